The van der Waals surface area contributed by atoms with Crippen LogP contribution in [-0.2, 0) is 28.7 Å². The molecule has 28 heavy (non-hydrogen) atoms. The molecule has 1 saturated carbocycles. The zero-order valence-corrected chi connectivity index (χ0v) is 16.8. The third-order valence-corrected chi connectivity index (χ3v) is 5.63. The molecule has 160 valence electrons. The van der Waals surface area contributed by atoms with E-state index < -0.39 is 29.6 Å². The van der Waals surface area contributed by atoms with Gasteiger partial charge in [-0.1, -0.05) is 27.2 Å². The number of ether oxygens (including phenoxy) is 2. The van der Waals surface area contributed by atoms with Gasteiger partial charge in [0.15, 0.2) is 12.2 Å². The van der Waals surface area contributed by atoms with Crippen molar-refractivity contribution < 1.29 is 38.9 Å². The Bertz CT molecular complexity index is 512. The summed E-state index contributed by atoms with van der Waals surface area (Å²) < 4.78 is 11.3. The average molecular weight is 400 g/mol. The molecule has 1 aliphatic carbocycles. The Labute approximate surface area is 165 Å². The van der Waals surface area contributed by atoms with Gasteiger partial charge in [0.2, 0.25) is 0 Å². The van der Waals surface area contributed by atoms with Crippen LogP contribution < -0.4 is 0 Å². The van der Waals surface area contributed by atoms with Gasteiger partial charge in [0.05, 0.1) is 13.2 Å². The average Bonchev–Trinajstić information content (AvgIpc) is 2.61. The summed E-state index contributed by atoms with van der Waals surface area (Å²) in [5.41, 5.74) is -0.584. The number of carboxylic acid groups (broad SMARTS) is 2. The summed E-state index contributed by atoms with van der Waals surface area (Å²) in [6.07, 6.45) is 0.617. The van der Waals surface area contributed by atoms with Crippen LogP contribution in [0, 0.1) is 23.2 Å². The molecule has 0 aromatic carbocycles. The lowest BCUT2D eigenvalue weighted by molar-refractivity contribution is -0.169. The Morgan fingerprint density at radius 2 is 1.46 bits per heavy atom. The van der Waals surface area contributed by atoms with Crippen molar-refractivity contribution >= 4 is 24.5 Å². The lowest BCUT2D eigenvalue weighted by Gasteiger charge is -2.48. The van der Waals surface area contributed by atoms with Crippen molar-refractivity contribution in [2.75, 3.05) is 13.2 Å². The molecule has 0 spiro atoms. The number of aliphatic carboxylic acids is 2. The first kappa shape index (κ1) is 24.2. The van der Waals surface area contributed by atoms with Gasteiger partial charge in [0.25, 0.3) is 0 Å². The zero-order chi connectivity index (χ0) is 21.3. The van der Waals surface area contributed by atoms with Crippen molar-refractivity contribution in [3.8, 4) is 0 Å². The third kappa shape index (κ3) is 6.67. The number of hydrogen-bond donors (Lipinski definition) is 2. The summed E-state index contributed by atoms with van der Waals surface area (Å²) >= 11 is 0. The molecule has 2 unspecified atom stereocenters. The van der Waals surface area contributed by atoms with Crippen molar-refractivity contribution in [3.63, 3.8) is 0 Å². The van der Waals surface area contributed by atoms with Crippen LogP contribution in [-0.4, -0.2) is 60.1 Å². The maximum Gasteiger partial charge on any atom is 0.333 e. The van der Waals surface area contributed by atoms with E-state index in [0.717, 1.165) is 12.8 Å². The van der Waals surface area contributed by atoms with Crippen LogP contribution >= 0.6 is 0 Å². The third-order valence-electron chi connectivity index (χ3n) is 5.63. The minimum atomic E-state index is -1.25. The Balaban J connectivity index is 3.09. The lowest BCUT2D eigenvalue weighted by atomic mass is 9.60. The maximum absolute atomic E-state index is 11.4. The number of carbonyl (C=O) groups is 4. The van der Waals surface area contributed by atoms with E-state index >= 15 is 0 Å². The Hall–Kier alpha value is -1.80. The molecule has 0 aliphatic heterocycles. The van der Waals surface area contributed by atoms with Crippen LogP contribution in [0.4, 0.5) is 0 Å². The van der Waals surface area contributed by atoms with Gasteiger partial charge in [0, 0.05) is 18.3 Å². The Morgan fingerprint density at radius 1 is 1.00 bits per heavy atom. The molecule has 2 N–H and O–H groups in total. The molecular formula is C20H32O8. The number of hydrogen-bond acceptors (Lipinski definition) is 6. The molecule has 0 aromatic heterocycles. The van der Waals surface area contributed by atoms with E-state index in [1.807, 2.05) is 0 Å². The van der Waals surface area contributed by atoms with Crippen molar-refractivity contribution in [2.45, 2.75) is 65.1 Å². The van der Waals surface area contributed by atoms with Gasteiger partial charge in [0.1, 0.15) is 12.6 Å². The van der Waals surface area contributed by atoms with Gasteiger partial charge in [-0.25, -0.2) is 9.59 Å². The molecule has 8 heteroatoms. The highest BCUT2D eigenvalue weighted by molar-refractivity contribution is 5.76. The number of aldehydes is 2. The second kappa shape index (κ2) is 11.3. The Morgan fingerprint density at radius 3 is 1.82 bits per heavy atom. The summed E-state index contributed by atoms with van der Waals surface area (Å²) in [4.78, 5) is 44.3. The SMILES string of the molecule is CC(C)[C@H]1CC[C@@H](C)CC1(COC(CC=O)C(=O)O)COC(CC=O)C(=O)O. The van der Waals surface area contributed by atoms with Gasteiger partial charge in [-0.05, 0) is 30.6 Å². The fraction of sp³-hybridized carbons (Fsp3) is 0.800. The molecule has 4 atom stereocenters. The fourth-order valence-corrected chi connectivity index (χ4v) is 4.32. The van der Waals surface area contributed by atoms with Crippen molar-refractivity contribution in [1.29, 1.82) is 0 Å². The topological polar surface area (TPSA) is 127 Å². The summed E-state index contributed by atoms with van der Waals surface area (Å²) in [5, 5.41) is 18.5. The molecular weight excluding hydrogens is 368 g/mol. The number of carbonyl (C=O) groups excluding carboxylic acids is 2. The normalized spacial score (nSPS) is 27.1. The molecule has 0 amide bonds. The quantitative estimate of drug-likeness (QED) is 0.450. The summed E-state index contributed by atoms with van der Waals surface area (Å²) in [5.74, 6) is -1.69. The number of carboxylic acids is 2. The molecule has 1 aliphatic rings. The highest BCUT2D eigenvalue weighted by Crippen LogP contribution is 2.48. The first-order chi connectivity index (χ1) is 13.2. The number of rotatable bonds is 13. The standard InChI is InChI=1S/C20H32O8/c1-13(2)15-5-4-14(3)10-20(15,11-27-16(6-8-21)18(23)24)12-28-17(7-9-22)19(25)26/h8-9,13-17H,4-7,10-12H2,1-3H3,(H,23,24)(H,25,26)/t14-,15-,16?,17?,20?/m1/s1. The molecule has 1 rings (SSSR count). The van der Waals surface area contributed by atoms with Crippen LogP contribution in [0.5, 0.6) is 0 Å². The molecule has 0 aromatic rings. The minimum absolute atomic E-state index is 0.0540. The molecule has 8 nitrogen and oxygen atoms in total. The highest BCUT2D eigenvalue weighted by Gasteiger charge is 2.46. The summed E-state index contributed by atoms with van der Waals surface area (Å²) in [6, 6.07) is 0. The highest BCUT2D eigenvalue weighted by atomic mass is 16.5. The molecule has 0 bridgehead atoms. The van der Waals surface area contributed by atoms with Crippen LogP contribution in [0.2, 0.25) is 0 Å². The van der Waals surface area contributed by atoms with Crippen LogP contribution in [0.3, 0.4) is 0 Å². The Kier molecular flexibility index (Phi) is 9.75. The van der Waals surface area contributed by atoms with E-state index in [9.17, 15) is 29.4 Å². The zero-order valence-electron chi connectivity index (χ0n) is 16.8. The minimum Gasteiger partial charge on any atom is -0.479 e. The van der Waals surface area contributed by atoms with Crippen LogP contribution in [0.15, 0.2) is 0 Å². The first-order valence-corrected chi connectivity index (χ1v) is 9.73. The smallest absolute Gasteiger partial charge is 0.333 e. The van der Waals surface area contributed by atoms with Gasteiger partial charge >= 0.3 is 11.9 Å². The van der Waals surface area contributed by atoms with E-state index in [4.69, 9.17) is 9.47 Å². The van der Waals surface area contributed by atoms with Gasteiger partial charge in [-0.3, -0.25) is 0 Å². The first-order valence-electron chi connectivity index (χ1n) is 9.73. The van der Waals surface area contributed by atoms with E-state index in [-0.39, 0.29) is 37.9 Å². The van der Waals surface area contributed by atoms with Gasteiger partial charge < -0.3 is 29.3 Å². The predicted octanol–water partition coefficient (Wildman–Crippen LogP) is 2.18. The van der Waals surface area contributed by atoms with E-state index in [1.54, 1.807) is 0 Å². The molecule has 0 heterocycles. The van der Waals surface area contributed by atoms with Crippen LogP contribution in [0.25, 0.3) is 0 Å². The van der Waals surface area contributed by atoms with Gasteiger partial charge in [-0.2, -0.15) is 0 Å². The second-order valence-corrected chi connectivity index (χ2v) is 8.18. The van der Waals surface area contributed by atoms with Crippen molar-refractivity contribution in [3.05, 3.63) is 0 Å². The van der Waals surface area contributed by atoms with E-state index in [0.29, 0.717) is 24.9 Å². The largest absolute Gasteiger partial charge is 0.479 e. The lowest BCUT2D eigenvalue weighted by Crippen LogP contribution is -2.48. The van der Waals surface area contributed by atoms with Crippen molar-refractivity contribution in [2.24, 2.45) is 23.2 Å². The summed E-state index contributed by atoms with van der Waals surface area (Å²) in [7, 11) is 0. The molecule has 0 radical (unpaired) electrons. The predicted molar refractivity (Wildman–Crippen MR) is 99.9 cm³/mol. The monoisotopic (exact) mass is 400 g/mol. The molecule has 1 fully saturated rings. The van der Waals surface area contributed by atoms with E-state index in [2.05, 4.69) is 20.8 Å². The van der Waals surface area contributed by atoms with Crippen molar-refractivity contribution in [1.82, 2.24) is 0 Å². The van der Waals surface area contributed by atoms with E-state index in [1.165, 1.54) is 0 Å². The maximum atomic E-state index is 11.4. The van der Waals surface area contributed by atoms with Gasteiger partial charge in [-0.15, -0.1) is 0 Å². The van der Waals surface area contributed by atoms with Crippen LogP contribution in [0.1, 0.15) is 52.9 Å². The second-order valence-electron chi connectivity index (χ2n) is 8.18. The summed E-state index contributed by atoms with van der Waals surface area (Å²) in [6.45, 7) is 6.33. The fourth-order valence-electron chi connectivity index (χ4n) is 4.32. The molecule has 0 saturated heterocycles.